The number of β-amino-alcohol motifs (C(OH)–C–C–N with tert-alkyl or cyclic N) is 1. The first kappa shape index (κ1) is 20.4. The first-order chi connectivity index (χ1) is 15.3. The van der Waals surface area contributed by atoms with Crippen LogP contribution in [0.1, 0.15) is 19.4 Å². The van der Waals surface area contributed by atoms with Gasteiger partial charge in [-0.25, -0.2) is 4.39 Å². The average Bonchev–Trinajstić information content (AvgIpc) is 2.76. The third kappa shape index (κ3) is 3.18. The van der Waals surface area contributed by atoms with Crippen LogP contribution in [0.25, 0.3) is 32.9 Å². The number of halogens is 1. The van der Waals surface area contributed by atoms with Crippen molar-refractivity contribution in [1.29, 1.82) is 0 Å². The Hall–Kier alpha value is -3.52. The van der Waals surface area contributed by atoms with Gasteiger partial charge in [0.15, 0.2) is 5.82 Å². The van der Waals surface area contributed by atoms with Crippen molar-refractivity contribution in [3.05, 3.63) is 47.9 Å². The first-order valence-corrected chi connectivity index (χ1v) is 10.4. The number of rotatable bonds is 4. The molecule has 0 unspecified atom stereocenters. The van der Waals surface area contributed by atoms with E-state index in [1.807, 2.05) is 30.0 Å². The molecule has 32 heavy (non-hydrogen) atoms. The molecule has 0 amide bonds. The molecule has 164 valence electrons. The van der Waals surface area contributed by atoms with Crippen LogP contribution in [0.15, 0.2) is 36.5 Å². The lowest BCUT2D eigenvalue weighted by molar-refractivity contribution is 0.0306. The maximum atomic E-state index is 15.9. The summed E-state index contributed by atoms with van der Waals surface area (Å²) in [5, 5.41) is 22.5. The van der Waals surface area contributed by atoms with Crippen LogP contribution in [0.4, 0.5) is 10.2 Å². The summed E-state index contributed by atoms with van der Waals surface area (Å²) < 4.78 is 21.1. The highest BCUT2D eigenvalue weighted by molar-refractivity contribution is 6.01. The normalized spacial score (nSPS) is 15.2. The number of phenolic OH excluding ortho intramolecular Hbond substituents is 1. The van der Waals surface area contributed by atoms with Crippen molar-refractivity contribution in [3.63, 3.8) is 0 Å². The SMILES string of the molecule is CCc1cccc2cc(O)cc(-c3ncc4c(N5CC(C)(O)C5)nc(OC)nc4c3F)c12. The molecule has 3 heterocycles. The van der Waals surface area contributed by atoms with Crippen LogP contribution in [0, 0.1) is 5.82 Å². The number of hydrogen-bond donors (Lipinski definition) is 2. The highest BCUT2D eigenvalue weighted by Crippen LogP contribution is 2.39. The van der Waals surface area contributed by atoms with Crippen molar-refractivity contribution in [3.8, 4) is 23.0 Å². The van der Waals surface area contributed by atoms with E-state index in [2.05, 4.69) is 15.0 Å². The zero-order valence-electron chi connectivity index (χ0n) is 18.1. The topological polar surface area (TPSA) is 91.6 Å². The molecule has 0 saturated carbocycles. The summed E-state index contributed by atoms with van der Waals surface area (Å²) in [6.45, 7) is 4.49. The lowest BCUT2D eigenvalue weighted by Gasteiger charge is -2.45. The quantitative estimate of drug-likeness (QED) is 0.504. The maximum Gasteiger partial charge on any atom is 0.318 e. The minimum absolute atomic E-state index is 0.0325. The van der Waals surface area contributed by atoms with Crippen LogP contribution in [0.5, 0.6) is 11.8 Å². The summed E-state index contributed by atoms with van der Waals surface area (Å²) in [6, 6.07) is 9.02. The molecule has 7 nitrogen and oxygen atoms in total. The smallest absolute Gasteiger partial charge is 0.318 e. The zero-order chi connectivity index (χ0) is 22.6. The lowest BCUT2D eigenvalue weighted by atomic mass is 9.94. The van der Waals surface area contributed by atoms with Gasteiger partial charge in [0.25, 0.3) is 0 Å². The van der Waals surface area contributed by atoms with E-state index in [0.29, 0.717) is 29.9 Å². The van der Waals surface area contributed by atoms with E-state index in [1.165, 1.54) is 13.2 Å². The molecule has 5 rings (SSSR count). The Morgan fingerprint density at radius 1 is 1.22 bits per heavy atom. The number of anilines is 1. The van der Waals surface area contributed by atoms with E-state index >= 15 is 4.39 Å². The second-order valence-electron chi connectivity index (χ2n) is 8.43. The third-order valence-electron chi connectivity index (χ3n) is 5.87. The van der Waals surface area contributed by atoms with Crippen LogP contribution in [0.3, 0.4) is 0 Å². The summed E-state index contributed by atoms with van der Waals surface area (Å²) in [7, 11) is 1.42. The van der Waals surface area contributed by atoms with Gasteiger partial charge in [-0.1, -0.05) is 25.1 Å². The van der Waals surface area contributed by atoms with Crippen LogP contribution in [-0.2, 0) is 6.42 Å². The van der Waals surface area contributed by atoms with E-state index < -0.39 is 11.4 Å². The Bertz CT molecular complexity index is 1360. The average molecular weight is 434 g/mol. The molecule has 2 N–H and O–H groups in total. The van der Waals surface area contributed by atoms with Crippen LogP contribution in [0.2, 0.25) is 0 Å². The number of hydrogen-bond acceptors (Lipinski definition) is 7. The number of phenols is 1. The molecule has 1 saturated heterocycles. The minimum atomic E-state index is -0.826. The number of ether oxygens (including phenoxy) is 1. The van der Waals surface area contributed by atoms with Crippen molar-refractivity contribution < 1.29 is 19.3 Å². The number of fused-ring (bicyclic) bond motifs is 2. The summed E-state index contributed by atoms with van der Waals surface area (Å²) >= 11 is 0. The van der Waals surface area contributed by atoms with Crippen LogP contribution >= 0.6 is 0 Å². The highest BCUT2D eigenvalue weighted by Gasteiger charge is 2.38. The molecule has 2 aromatic carbocycles. The van der Waals surface area contributed by atoms with Crippen LogP contribution < -0.4 is 9.64 Å². The largest absolute Gasteiger partial charge is 0.508 e. The second kappa shape index (κ2) is 7.27. The molecule has 0 spiro atoms. The fourth-order valence-electron chi connectivity index (χ4n) is 4.44. The van der Waals surface area contributed by atoms with Gasteiger partial charge in [0, 0.05) is 24.8 Å². The Morgan fingerprint density at radius 3 is 2.69 bits per heavy atom. The van der Waals surface area contributed by atoms with Gasteiger partial charge in [0.2, 0.25) is 0 Å². The Balaban J connectivity index is 1.77. The number of pyridine rings is 1. The van der Waals surface area contributed by atoms with Gasteiger partial charge in [-0.15, -0.1) is 0 Å². The number of methoxy groups -OCH3 is 1. The van der Waals surface area contributed by atoms with Gasteiger partial charge in [-0.2, -0.15) is 9.97 Å². The molecular weight excluding hydrogens is 411 g/mol. The summed E-state index contributed by atoms with van der Waals surface area (Å²) in [6.07, 6.45) is 2.29. The Morgan fingerprint density at radius 2 is 2.00 bits per heavy atom. The standard InChI is InChI=1S/C24H23FN4O3/c1-4-13-6-5-7-14-8-15(30)9-16(18(13)14)20-19(25)21-17(10-26-20)22(28-23(27-21)32-3)29-11-24(2,31)12-29/h5-10,30-31H,4,11-12H2,1-3H3. The molecule has 0 aliphatic carbocycles. The fourth-order valence-corrected chi connectivity index (χ4v) is 4.44. The molecule has 0 radical (unpaired) electrons. The number of aromatic nitrogens is 3. The Labute approximate surface area is 184 Å². The summed E-state index contributed by atoms with van der Waals surface area (Å²) in [4.78, 5) is 14.9. The second-order valence-corrected chi connectivity index (χ2v) is 8.43. The molecule has 1 aliphatic rings. The van der Waals surface area contributed by atoms with E-state index in [1.54, 1.807) is 19.2 Å². The van der Waals surface area contributed by atoms with Crippen molar-refractivity contribution in [2.45, 2.75) is 25.9 Å². The molecular formula is C24H23FN4O3. The van der Waals surface area contributed by atoms with E-state index in [4.69, 9.17) is 4.74 Å². The maximum absolute atomic E-state index is 15.9. The molecule has 8 heteroatoms. The number of aryl methyl sites for hydroxylation is 1. The van der Waals surface area contributed by atoms with Gasteiger partial charge in [0.1, 0.15) is 22.8 Å². The fraction of sp³-hybridized carbons (Fsp3) is 0.292. The predicted molar refractivity (Wildman–Crippen MR) is 121 cm³/mol. The predicted octanol–water partition coefficient (Wildman–Crippen LogP) is 3.83. The van der Waals surface area contributed by atoms with Crippen molar-refractivity contribution >= 4 is 27.5 Å². The Kier molecular flexibility index (Phi) is 4.63. The lowest BCUT2D eigenvalue weighted by Crippen LogP contribution is -2.60. The molecule has 0 atom stereocenters. The van der Waals surface area contributed by atoms with Gasteiger partial charge >= 0.3 is 6.01 Å². The monoisotopic (exact) mass is 434 g/mol. The summed E-state index contributed by atoms with van der Waals surface area (Å²) in [5.74, 6) is -0.119. The molecule has 0 bridgehead atoms. The van der Waals surface area contributed by atoms with Gasteiger partial charge < -0.3 is 19.8 Å². The molecule has 2 aromatic heterocycles. The van der Waals surface area contributed by atoms with Gasteiger partial charge in [-0.05, 0) is 41.8 Å². The van der Waals surface area contributed by atoms with E-state index in [9.17, 15) is 10.2 Å². The number of nitrogens with zero attached hydrogens (tertiary/aromatic N) is 4. The van der Waals surface area contributed by atoms with Gasteiger partial charge in [-0.3, -0.25) is 4.98 Å². The number of aliphatic hydroxyl groups is 1. The van der Waals surface area contributed by atoms with E-state index in [-0.39, 0.29) is 23.0 Å². The molecule has 4 aromatic rings. The first-order valence-electron chi connectivity index (χ1n) is 10.4. The van der Waals surface area contributed by atoms with Gasteiger partial charge in [0.05, 0.1) is 18.1 Å². The minimum Gasteiger partial charge on any atom is -0.508 e. The number of benzene rings is 2. The van der Waals surface area contributed by atoms with Crippen molar-refractivity contribution in [2.24, 2.45) is 0 Å². The molecule has 1 fully saturated rings. The van der Waals surface area contributed by atoms with E-state index in [0.717, 1.165) is 22.8 Å². The number of aromatic hydroxyl groups is 1. The van der Waals surface area contributed by atoms with Crippen LogP contribution in [-0.4, -0.2) is 51.0 Å². The van der Waals surface area contributed by atoms with Crippen molar-refractivity contribution in [1.82, 2.24) is 15.0 Å². The zero-order valence-corrected chi connectivity index (χ0v) is 18.1. The summed E-state index contributed by atoms with van der Waals surface area (Å²) in [5.41, 5.74) is 0.883. The molecule has 1 aliphatic heterocycles. The van der Waals surface area contributed by atoms with Crippen molar-refractivity contribution in [2.75, 3.05) is 25.1 Å². The third-order valence-corrected chi connectivity index (χ3v) is 5.87. The highest BCUT2D eigenvalue weighted by atomic mass is 19.1.